The summed E-state index contributed by atoms with van der Waals surface area (Å²) in [6, 6.07) is 0. The first kappa shape index (κ1) is 18.5. The lowest BCUT2D eigenvalue weighted by molar-refractivity contribution is -0.176. The topological polar surface area (TPSA) is 49.9 Å². The lowest BCUT2D eigenvalue weighted by atomic mass is 9.71. The Balaban J connectivity index is 1.69. The van der Waals surface area contributed by atoms with Crippen molar-refractivity contribution >= 4 is 11.8 Å². The molecule has 0 aromatic rings. The molecule has 2 aliphatic heterocycles. The largest absolute Gasteiger partial charge is 0.368 e. The number of alkyl halides is 2. The monoisotopic (exact) mass is 358 g/mol. The smallest absolute Gasteiger partial charge is 0.266 e. The maximum atomic E-state index is 14.4. The van der Waals surface area contributed by atoms with E-state index in [1.54, 1.807) is 4.90 Å². The van der Waals surface area contributed by atoms with Gasteiger partial charge >= 0.3 is 0 Å². The van der Waals surface area contributed by atoms with Gasteiger partial charge < -0.3 is 14.5 Å². The molecule has 3 fully saturated rings. The number of likely N-dealkylation sites (tertiary alicyclic amines) is 2. The van der Waals surface area contributed by atoms with E-state index in [0.29, 0.717) is 25.9 Å². The van der Waals surface area contributed by atoms with Crippen LogP contribution < -0.4 is 0 Å². The summed E-state index contributed by atoms with van der Waals surface area (Å²) in [7, 11) is 0. The molecular formula is C18H28F2N2O3. The van der Waals surface area contributed by atoms with E-state index in [9.17, 15) is 18.4 Å². The van der Waals surface area contributed by atoms with E-state index in [0.717, 1.165) is 30.6 Å². The summed E-state index contributed by atoms with van der Waals surface area (Å²) in [5.41, 5.74) is -1.14. The SMILES string of the molecule is CCN1CCCC2(CN(C(=O)COC3CCCC3)CC(F)(F)C2)C1=O. The van der Waals surface area contributed by atoms with E-state index >= 15 is 0 Å². The maximum absolute atomic E-state index is 14.4. The zero-order chi connectivity index (χ0) is 18.1. The molecule has 25 heavy (non-hydrogen) atoms. The van der Waals surface area contributed by atoms with Crippen LogP contribution in [0.5, 0.6) is 0 Å². The minimum Gasteiger partial charge on any atom is -0.368 e. The highest BCUT2D eigenvalue weighted by molar-refractivity contribution is 5.85. The second-order valence-corrected chi connectivity index (χ2v) is 7.77. The van der Waals surface area contributed by atoms with Gasteiger partial charge in [-0.2, -0.15) is 0 Å². The second kappa shape index (κ2) is 7.17. The fourth-order valence-corrected chi connectivity index (χ4v) is 4.58. The van der Waals surface area contributed by atoms with Crippen LogP contribution in [0, 0.1) is 5.41 Å². The molecule has 2 heterocycles. The van der Waals surface area contributed by atoms with Crippen LogP contribution in [0.2, 0.25) is 0 Å². The van der Waals surface area contributed by atoms with Gasteiger partial charge in [0.2, 0.25) is 11.8 Å². The van der Waals surface area contributed by atoms with Crippen LogP contribution in [0.15, 0.2) is 0 Å². The predicted molar refractivity (Wildman–Crippen MR) is 88.3 cm³/mol. The molecule has 3 rings (SSSR count). The fourth-order valence-electron chi connectivity index (χ4n) is 4.58. The molecule has 2 amide bonds. The van der Waals surface area contributed by atoms with Crippen LogP contribution in [0.1, 0.15) is 51.9 Å². The minimum absolute atomic E-state index is 0.0649. The molecule has 3 aliphatic rings. The Bertz CT molecular complexity index is 522. The second-order valence-electron chi connectivity index (χ2n) is 7.77. The highest BCUT2D eigenvalue weighted by Gasteiger charge is 2.55. The maximum Gasteiger partial charge on any atom is 0.266 e. The highest BCUT2D eigenvalue weighted by Crippen LogP contribution is 2.45. The quantitative estimate of drug-likeness (QED) is 0.776. The van der Waals surface area contributed by atoms with Crippen molar-refractivity contribution in [2.24, 2.45) is 5.41 Å². The standard InChI is InChI=1S/C18H28F2N2O3/c1-2-21-9-5-8-17(16(21)24)11-18(19,20)13-22(12-17)15(23)10-25-14-6-3-4-7-14/h14H,2-13H2,1H3. The van der Waals surface area contributed by atoms with Crippen molar-refractivity contribution < 1.29 is 23.1 Å². The van der Waals surface area contributed by atoms with Gasteiger partial charge in [0.05, 0.1) is 18.1 Å². The summed E-state index contributed by atoms with van der Waals surface area (Å²) in [6.45, 7) is 2.30. The van der Waals surface area contributed by atoms with Crippen LogP contribution in [-0.4, -0.2) is 66.4 Å². The van der Waals surface area contributed by atoms with Gasteiger partial charge in [-0.3, -0.25) is 9.59 Å². The number of nitrogens with zero attached hydrogens (tertiary/aromatic N) is 2. The number of ether oxygens (including phenoxy) is 1. The van der Waals surface area contributed by atoms with Crippen molar-refractivity contribution in [3.8, 4) is 0 Å². The van der Waals surface area contributed by atoms with E-state index in [-0.39, 0.29) is 25.2 Å². The Morgan fingerprint density at radius 1 is 1.24 bits per heavy atom. The first-order valence-corrected chi connectivity index (χ1v) is 9.42. The third kappa shape index (κ3) is 3.96. The molecule has 1 unspecified atom stereocenters. The molecule has 0 aromatic heterocycles. The summed E-state index contributed by atoms with van der Waals surface area (Å²) >= 11 is 0. The Hall–Kier alpha value is -1.24. The minimum atomic E-state index is -3.03. The van der Waals surface area contributed by atoms with Crippen molar-refractivity contribution in [1.82, 2.24) is 9.80 Å². The Labute approximate surface area is 147 Å². The fraction of sp³-hybridized carbons (Fsp3) is 0.889. The third-order valence-electron chi connectivity index (χ3n) is 5.82. The van der Waals surface area contributed by atoms with Gasteiger partial charge in [-0.1, -0.05) is 12.8 Å². The van der Waals surface area contributed by atoms with Crippen LogP contribution in [0.4, 0.5) is 8.78 Å². The summed E-state index contributed by atoms with van der Waals surface area (Å²) in [4.78, 5) is 28.1. The molecule has 7 heteroatoms. The molecule has 0 aromatic carbocycles. The number of amides is 2. The third-order valence-corrected chi connectivity index (χ3v) is 5.82. The van der Waals surface area contributed by atoms with E-state index < -0.39 is 30.2 Å². The van der Waals surface area contributed by atoms with Gasteiger partial charge in [0.1, 0.15) is 6.61 Å². The molecule has 5 nitrogen and oxygen atoms in total. The molecule has 1 atom stereocenters. The average molecular weight is 358 g/mol. The first-order valence-electron chi connectivity index (χ1n) is 9.42. The van der Waals surface area contributed by atoms with Gasteiger partial charge in [-0.15, -0.1) is 0 Å². The van der Waals surface area contributed by atoms with Gasteiger partial charge in [-0.25, -0.2) is 8.78 Å². The molecule has 1 spiro atoms. The Morgan fingerprint density at radius 2 is 1.96 bits per heavy atom. The van der Waals surface area contributed by atoms with Gasteiger partial charge in [-0.05, 0) is 32.6 Å². The predicted octanol–water partition coefficient (Wildman–Crippen LogP) is 2.44. The van der Waals surface area contributed by atoms with E-state index in [2.05, 4.69) is 0 Å². The van der Waals surface area contributed by atoms with E-state index in [1.165, 1.54) is 0 Å². The van der Waals surface area contributed by atoms with E-state index in [4.69, 9.17) is 4.74 Å². The van der Waals surface area contributed by atoms with Gasteiger partial charge in [0.15, 0.2) is 0 Å². The number of piperidine rings is 2. The molecule has 0 N–H and O–H groups in total. The number of hydrogen-bond donors (Lipinski definition) is 0. The average Bonchev–Trinajstić information content (AvgIpc) is 3.07. The molecule has 0 radical (unpaired) electrons. The van der Waals surface area contributed by atoms with Crippen molar-refractivity contribution in [3.05, 3.63) is 0 Å². The molecular weight excluding hydrogens is 330 g/mol. The Kier molecular flexibility index (Phi) is 5.32. The first-order chi connectivity index (χ1) is 11.9. The summed E-state index contributed by atoms with van der Waals surface area (Å²) in [5.74, 6) is -3.68. The number of carbonyl (C=O) groups excluding carboxylic acids is 2. The lowest BCUT2D eigenvalue weighted by Crippen LogP contribution is -2.62. The molecule has 1 saturated carbocycles. The number of halogens is 2. The van der Waals surface area contributed by atoms with E-state index in [1.807, 2.05) is 6.92 Å². The van der Waals surface area contributed by atoms with Gasteiger partial charge in [0.25, 0.3) is 5.92 Å². The van der Waals surface area contributed by atoms with Crippen molar-refractivity contribution in [2.75, 3.05) is 32.8 Å². The highest BCUT2D eigenvalue weighted by atomic mass is 19.3. The van der Waals surface area contributed by atoms with Crippen molar-refractivity contribution in [3.63, 3.8) is 0 Å². The summed E-state index contributed by atoms with van der Waals surface area (Å²) in [5, 5.41) is 0. The molecule has 2 saturated heterocycles. The summed E-state index contributed by atoms with van der Waals surface area (Å²) < 4.78 is 34.4. The van der Waals surface area contributed by atoms with Crippen LogP contribution in [0.3, 0.4) is 0 Å². The Morgan fingerprint density at radius 3 is 2.64 bits per heavy atom. The normalized spacial score (nSPS) is 30.3. The summed E-state index contributed by atoms with van der Waals surface area (Å²) in [6.07, 6.45) is 4.77. The van der Waals surface area contributed by atoms with Gasteiger partial charge in [0, 0.05) is 26.1 Å². The number of rotatable bonds is 4. The molecule has 0 bridgehead atoms. The van der Waals surface area contributed by atoms with Crippen LogP contribution in [-0.2, 0) is 14.3 Å². The van der Waals surface area contributed by atoms with Crippen LogP contribution >= 0.6 is 0 Å². The lowest BCUT2D eigenvalue weighted by Gasteiger charge is -2.49. The molecule has 1 aliphatic carbocycles. The number of carbonyl (C=O) groups is 2. The molecule has 142 valence electrons. The van der Waals surface area contributed by atoms with Crippen molar-refractivity contribution in [2.45, 2.75) is 63.9 Å². The zero-order valence-corrected chi connectivity index (χ0v) is 14.9. The number of hydrogen-bond acceptors (Lipinski definition) is 3. The zero-order valence-electron chi connectivity index (χ0n) is 14.9. The van der Waals surface area contributed by atoms with Crippen LogP contribution in [0.25, 0.3) is 0 Å². The van der Waals surface area contributed by atoms with Crippen molar-refractivity contribution in [1.29, 1.82) is 0 Å².